The zero-order valence-corrected chi connectivity index (χ0v) is 9.44. The van der Waals surface area contributed by atoms with Gasteiger partial charge in [0.05, 0.1) is 5.69 Å². The van der Waals surface area contributed by atoms with Crippen molar-refractivity contribution in [3.05, 3.63) is 40.4 Å². The summed E-state index contributed by atoms with van der Waals surface area (Å²) in [6.45, 7) is 2.20. The molecule has 0 saturated carbocycles. The maximum Gasteiger partial charge on any atom is 0.136 e. The second-order valence-electron chi connectivity index (χ2n) is 3.36. The molecule has 0 atom stereocenters. The van der Waals surface area contributed by atoms with Gasteiger partial charge in [-0.2, -0.15) is 0 Å². The number of aryl methyl sites for hydroxylation is 1. The number of nitrogens with zero attached hydrogens (tertiary/aromatic N) is 1. The highest BCUT2D eigenvalue weighted by Crippen LogP contribution is 2.29. The Balaban J connectivity index is 2.50. The largest absolute Gasteiger partial charge is 0.326 e. The Morgan fingerprint density at radius 2 is 2.12 bits per heavy atom. The van der Waals surface area contributed by atoms with Gasteiger partial charge in [0.25, 0.3) is 0 Å². The lowest BCUT2D eigenvalue weighted by Crippen LogP contribution is -1.94. The molecule has 2 rings (SSSR count). The maximum atomic E-state index is 13.5. The van der Waals surface area contributed by atoms with Crippen LogP contribution in [0, 0.1) is 18.6 Å². The van der Waals surface area contributed by atoms with E-state index in [1.165, 1.54) is 23.5 Å². The number of nitrogens with two attached hydrogens (primary N) is 1. The summed E-state index contributed by atoms with van der Waals surface area (Å²) in [5.41, 5.74) is 6.63. The van der Waals surface area contributed by atoms with Crippen molar-refractivity contribution in [2.24, 2.45) is 5.73 Å². The quantitative estimate of drug-likeness (QED) is 0.876. The molecular formula is C11H10F2N2S. The first-order valence-corrected chi connectivity index (χ1v) is 5.55. The average Bonchev–Trinajstić information content (AvgIpc) is 2.59. The van der Waals surface area contributed by atoms with Crippen molar-refractivity contribution in [3.63, 3.8) is 0 Å². The van der Waals surface area contributed by atoms with E-state index in [1.807, 2.05) is 6.92 Å². The van der Waals surface area contributed by atoms with Crippen molar-refractivity contribution in [2.75, 3.05) is 0 Å². The highest BCUT2D eigenvalue weighted by molar-refractivity contribution is 7.15. The Labute approximate surface area is 95.7 Å². The van der Waals surface area contributed by atoms with E-state index in [9.17, 15) is 8.78 Å². The monoisotopic (exact) mass is 240 g/mol. The number of thiazole rings is 1. The zero-order valence-electron chi connectivity index (χ0n) is 8.63. The van der Waals surface area contributed by atoms with Crippen LogP contribution < -0.4 is 5.73 Å². The molecule has 0 unspecified atom stereocenters. The van der Waals surface area contributed by atoms with E-state index in [-0.39, 0.29) is 0 Å². The van der Waals surface area contributed by atoms with Crippen LogP contribution >= 0.6 is 11.3 Å². The minimum atomic E-state index is -0.600. The third-order valence-corrected chi connectivity index (χ3v) is 3.45. The molecule has 1 aromatic heterocycles. The fraction of sp³-hybridized carbons (Fsp3) is 0.182. The summed E-state index contributed by atoms with van der Waals surface area (Å²) in [5.74, 6) is -1.19. The van der Waals surface area contributed by atoms with Gasteiger partial charge in [-0.3, -0.25) is 0 Å². The summed E-state index contributed by atoms with van der Waals surface area (Å²) >= 11 is 1.33. The molecule has 1 heterocycles. The van der Waals surface area contributed by atoms with Crippen LogP contribution in [0.1, 0.15) is 10.6 Å². The van der Waals surface area contributed by atoms with Crippen LogP contribution in [0.25, 0.3) is 10.6 Å². The second kappa shape index (κ2) is 4.27. The summed E-state index contributed by atoms with van der Waals surface area (Å²) in [4.78, 5) is 5.13. The van der Waals surface area contributed by atoms with Gasteiger partial charge in [-0.25, -0.2) is 13.8 Å². The molecule has 0 fully saturated rings. The number of hydrogen-bond acceptors (Lipinski definition) is 3. The van der Waals surface area contributed by atoms with Crippen LogP contribution in [-0.4, -0.2) is 4.98 Å². The van der Waals surface area contributed by atoms with E-state index < -0.39 is 11.6 Å². The topological polar surface area (TPSA) is 38.9 Å². The minimum Gasteiger partial charge on any atom is -0.326 e. The Bertz CT molecular complexity index is 523. The average molecular weight is 240 g/mol. The van der Waals surface area contributed by atoms with Crippen LogP contribution in [0.15, 0.2) is 18.2 Å². The summed E-state index contributed by atoms with van der Waals surface area (Å²) in [6, 6.07) is 3.47. The second-order valence-corrected chi connectivity index (χ2v) is 4.44. The van der Waals surface area contributed by atoms with Crippen molar-refractivity contribution in [1.82, 2.24) is 4.98 Å². The maximum absolute atomic E-state index is 13.5. The van der Waals surface area contributed by atoms with Gasteiger partial charge in [0.2, 0.25) is 0 Å². The molecule has 0 bridgehead atoms. The Hall–Kier alpha value is -1.33. The minimum absolute atomic E-state index is 0.314. The van der Waals surface area contributed by atoms with E-state index in [4.69, 9.17) is 5.73 Å². The van der Waals surface area contributed by atoms with Gasteiger partial charge in [-0.05, 0) is 19.1 Å². The van der Waals surface area contributed by atoms with Gasteiger partial charge in [-0.15, -0.1) is 11.3 Å². The number of halogens is 2. The van der Waals surface area contributed by atoms with Crippen molar-refractivity contribution in [2.45, 2.75) is 13.5 Å². The number of hydrogen-bond donors (Lipinski definition) is 1. The molecule has 5 heteroatoms. The van der Waals surface area contributed by atoms with Crippen LogP contribution in [0.5, 0.6) is 0 Å². The molecule has 0 aliphatic rings. The van der Waals surface area contributed by atoms with Gasteiger partial charge in [-0.1, -0.05) is 0 Å². The molecule has 2 aromatic rings. The van der Waals surface area contributed by atoms with Crippen molar-refractivity contribution in [1.29, 1.82) is 0 Å². The molecule has 1 aromatic carbocycles. The molecule has 84 valence electrons. The molecule has 0 saturated heterocycles. The highest BCUT2D eigenvalue weighted by Gasteiger charge is 2.12. The van der Waals surface area contributed by atoms with Crippen LogP contribution in [0.4, 0.5) is 8.78 Å². The first-order chi connectivity index (χ1) is 7.61. The fourth-order valence-corrected chi connectivity index (χ4v) is 2.36. The van der Waals surface area contributed by atoms with Crippen molar-refractivity contribution >= 4 is 11.3 Å². The molecule has 0 radical (unpaired) electrons. The third-order valence-electron chi connectivity index (χ3n) is 2.24. The Kier molecular flexibility index (Phi) is 2.98. The Morgan fingerprint density at radius 3 is 2.69 bits per heavy atom. The molecule has 0 aliphatic carbocycles. The Morgan fingerprint density at radius 1 is 1.38 bits per heavy atom. The van der Waals surface area contributed by atoms with Crippen LogP contribution in [0.3, 0.4) is 0 Å². The van der Waals surface area contributed by atoms with Crippen LogP contribution in [-0.2, 0) is 6.54 Å². The molecule has 0 amide bonds. The SMILES string of the molecule is Cc1nc(-c2ccc(F)cc2F)sc1CN. The van der Waals surface area contributed by atoms with E-state index >= 15 is 0 Å². The van der Waals surface area contributed by atoms with E-state index in [2.05, 4.69) is 4.98 Å². The third kappa shape index (κ3) is 1.96. The summed E-state index contributed by atoms with van der Waals surface area (Å²) in [6.07, 6.45) is 0. The standard InChI is InChI=1S/C11H10F2N2S/c1-6-10(5-14)16-11(15-6)8-3-2-7(12)4-9(8)13/h2-4H,5,14H2,1H3. The number of aromatic nitrogens is 1. The summed E-state index contributed by atoms with van der Waals surface area (Å²) in [7, 11) is 0. The zero-order chi connectivity index (χ0) is 11.7. The fourth-order valence-electron chi connectivity index (χ4n) is 1.40. The predicted octanol–water partition coefficient (Wildman–Crippen LogP) is 2.86. The molecule has 2 N–H and O–H groups in total. The first-order valence-electron chi connectivity index (χ1n) is 4.73. The normalized spacial score (nSPS) is 10.8. The van der Waals surface area contributed by atoms with Crippen molar-refractivity contribution in [3.8, 4) is 10.6 Å². The summed E-state index contributed by atoms with van der Waals surface area (Å²) < 4.78 is 26.2. The lowest BCUT2D eigenvalue weighted by Gasteiger charge is -1.98. The predicted molar refractivity (Wildman–Crippen MR) is 60.1 cm³/mol. The number of benzene rings is 1. The van der Waals surface area contributed by atoms with E-state index in [1.54, 1.807) is 0 Å². The lowest BCUT2D eigenvalue weighted by molar-refractivity contribution is 0.585. The van der Waals surface area contributed by atoms with Gasteiger partial charge in [0.1, 0.15) is 16.6 Å². The first kappa shape index (κ1) is 11.2. The van der Waals surface area contributed by atoms with Gasteiger partial charge < -0.3 is 5.73 Å². The van der Waals surface area contributed by atoms with Crippen molar-refractivity contribution < 1.29 is 8.78 Å². The summed E-state index contributed by atoms with van der Waals surface area (Å²) in [5, 5.41) is 0.537. The molecule has 2 nitrogen and oxygen atoms in total. The van der Waals surface area contributed by atoms with Gasteiger partial charge >= 0.3 is 0 Å². The molecule has 0 aliphatic heterocycles. The van der Waals surface area contributed by atoms with Crippen LogP contribution in [0.2, 0.25) is 0 Å². The molecule has 16 heavy (non-hydrogen) atoms. The lowest BCUT2D eigenvalue weighted by atomic mass is 10.2. The molecular weight excluding hydrogens is 230 g/mol. The van der Waals surface area contributed by atoms with E-state index in [0.29, 0.717) is 17.1 Å². The van der Waals surface area contributed by atoms with E-state index in [0.717, 1.165) is 16.6 Å². The van der Waals surface area contributed by atoms with Gasteiger partial charge in [0.15, 0.2) is 0 Å². The smallest absolute Gasteiger partial charge is 0.136 e. The highest BCUT2D eigenvalue weighted by atomic mass is 32.1. The molecule has 0 spiro atoms. The van der Waals surface area contributed by atoms with Gasteiger partial charge in [0, 0.05) is 23.1 Å². The number of rotatable bonds is 2.